The van der Waals surface area contributed by atoms with Gasteiger partial charge in [0.15, 0.2) is 28.7 Å². The van der Waals surface area contributed by atoms with Gasteiger partial charge in [-0.1, -0.05) is 49.0 Å². The van der Waals surface area contributed by atoms with Crippen LogP contribution in [0.15, 0.2) is 59.8 Å². The molecule has 0 bridgehead atoms. The fraction of sp³-hybridized carbons (Fsp3) is 0.348. The molecule has 164 valence electrons. The number of ether oxygens (including phenoxy) is 1. The molecule has 3 rings (SSSR count). The molecule has 1 aromatic heterocycles. The molecule has 0 saturated heterocycles. The molecule has 2 atom stereocenters. The van der Waals surface area contributed by atoms with Crippen molar-refractivity contribution in [3.8, 4) is 5.75 Å². The van der Waals surface area contributed by atoms with Crippen molar-refractivity contribution in [2.45, 2.75) is 56.7 Å². The van der Waals surface area contributed by atoms with Gasteiger partial charge in [0.1, 0.15) is 0 Å². The number of carbonyl (C=O) groups is 1. The molecule has 1 heterocycles. The molecule has 0 spiro atoms. The van der Waals surface area contributed by atoms with Crippen LogP contribution in [-0.4, -0.2) is 25.9 Å². The summed E-state index contributed by atoms with van der Waals surface area (Å²) in [6.07, 6.45) is 0.115. The van der Waals surface area contributed by atoms with Crippen LogP contribution in [0, 0.1) is 5.82 Å². The topological polar surface area (TPSA) is 69.0 Å². The second-order valence-electron chi connectivity index (χ2n) is 7.37. The van der Waals surface area contributed by atoms with Gasteiger partial charge in [0.25, 0.3) is 0 Å². The van der Waals surface area contributed by atoms with E-state index in [-0.39, 0.29) is 22.9 Å². The lowest BCUT2D eigenvalue weighted by molar-refractivity contribution is -0.115. The highest BCUT2D eigenvalue weighted by Gasteiger charge is 2.26. The zero-order valence-corrected chi connectivity index (χ0v) is 18.9. The minimum Gasteiger partial charge on any atom is -0.480 e. The van der Waals surface area contributed by atoms with Crippen molar-refractivity contribution < 1.29 is 13.9 Å². The predicted octanol–water partition coefficient (Wildman–Crippen LogP) is 5.65. The van der Waals surface area contributed by atoms with E-state index in [9.17, 15) is 9.18 Å². The molecule has 2 unspecified atom stereocenters. The van der Waals surface area contributed by atoms with Crippen LogP contribution in [0.25, 0.3) is 0 Å². The first-order valence-corrected chi connectivity index (χ1v) is 11.2. The number of para-hydroxylation sites is 2. The maximum atomic E-state index is 14.0. The SMILES string of the molecule is CCC(Sc1nnc(C(C)Oc2ccccc2F)n1C(C)C)C(=O)Nc1ccccc1. The third kappa shape index (κ3) is 5.64. The molecule has 0 fully saturated rings. The molecule has 1 N–H and O–H groups in total. The van der Waals surface area contributed by atoms with Crippen molar-refractivity contribution in [2.24, 2.45) is 0 Å². The molecule has 0 aliphatic rings. The van der Waals surface area contributed by atoms with E-state index >= 15 is 0 Å². The van der Waals surface area contributed by atoms with E-state index in [1.165, 1.54) is 17.8 Å². The monoisotopic (exact) mass is 442 g/mol. The third-order valence-corrected chi connectivity index (χ3v) is 5.98. The highest BCUT2D eigenvalue weighted by atomic mass is 32.2. The number of carbonyl (C=O) groups excluding carboxylic acids is 1. The van der Waals surface area contributed by atoms with Gasteiger partial charge in [-0.15, -0.1) is 10.2 Å². The van der Waals surface area contributed by atoms with Crippen molar-refractivity contribution >= 4 is 23.4 Å². The Kier molecular flexibility index (Phi) is 7.68. The van der Waals surface area contributed by atoms with Crippen molar-refractivity contribution in [3.05, 3.63) is 66.2 Å². The third-order valence-electron chi connectivity index (χ3n) is 4.66. The maximum absolute atomic E-state index is 14.0. The number of nitrogens with zero attached hydrogens (tertiary/aromatic N) is 3. The van der Waals surface area contributed by atoms with Gasteiger partial charge < -0.3 is 14.6 Å². The van der Waals surface area contributed by atoms with E-state index in [4.69, 9.17) is 4.74 Å². The molecule has 8 heteroatoms. The number of thioether (sulfide) groups is 1. The highest BCUT2D eigenvalue weighted by Crippen LogP contribution is 2.31. The summed E-state index contributed by atoms with van der Waals surface area (Å²) in [5.74, 6) is 0.229. The van der Waals surface area contributed by atoms with Crippen molar-refractivity contribution in [1.29, 1.82) is 0 Å². The lowest BCUT2D eigenvalue weighted by atomic mass is 10.3. The summed E-state index contributed by atoms with van der Waals surface area (Å²) < 4.78 is 21.7. The van der Waals surface area contributed by atoms with E-state index < -0.39 is 11.9 Å². The van der Waals surface area contributed by atoms with Gasteiger partial charge in [-0.3, -0.25) is 4.79 Å². The van der Waals surface area contributed by atoms with E-state index in [0.717, 1.165) is 5.69 Å². The molecular formula is C23H27FN4O2S. The average molecular weight is 443 g/mol. The Balaban J connectivity index is 1.79. The molecule has 0 aliphatic carbocycles. The fourth-order valence-electron chi connectivity index (χ4n) is 3.11. The summed E-state index contributed by atoms with van der Waals surface area (Å²) in [5.41, 5.74) is 0.754. The Morgan fingerprint density at radius 1 is 1.10 bits per heavy atom. The smallest absolute Gasteiger partial charge is 0.237 e. The minimum absolute atomic E-state index is 0.0360. The second-order valence-corrected chi connectivity index (χ2v) is 8.53. The number of anilines is 1. The van der Waals surface area contributed by atoms with Crippen LogP contribution < -0.4 is 10.1 Å². The minimum atomic E-state index is -0.514. The van der Waals surface area contributed by atoms with Crippen molar-refractivity contribution in [2.75, 3.05) is 5.32 Å². The normalized spacial score (nSPS) is 13.1. The first-order chi connectivity index (χ1) is 14.9. The zero-order valence-electron chi connectivity index (χ0n) is 18.1. The summed E-state index contributed by atoms with van der Waals surface area (Å²) >= 11 is 1.37. The van der Waals surface area contributed by atoms with Crippen LogP contribution in [0.4, 0.5) is 10.1 Å². The molecule has 0 saturated carbocycles. The van der Waals surface area contributed by atoms with Crippen LogP contribution >= 0.6 is 11.8 Å². The Bertz CT molecular complexity index is 1010. The molecule has 31 heavy (non-hydrogen) atoms. The van der Waals surface area contributed by atoms with Crippen molar-refractivity contribution in [1.82, 2.24) is 14.8 Å². The van der Waals surface area contributed by atoms with E-state index in [1.807, 2.05) is 62.6 Å². The lowest BCUT2D eigenvalue weighted by Gasteiger charge is -2.20. The number of hydrogen-bond donors (Lipinski definition) is 1. The predicted molar refractivity (Wildman–Crippen MR) is 121 cm³/mol. The molecule has 2 aromatic carbocycles. The van der Waals surface area contributed by atoms with Gasteiger partial charge in [0.05, 0.1) is 5.25 Å². The van der Waals surface area contributed by atoms with Crippen LogP contribution in [0.1, 0.15) is 52.1 Å². The Morgan fingerprint density at radius 2 is 1.77 bits per heavy atom. The average Bonchev–Trinajstić information content (AvgIpc) is 3.18. The molecule has 1 amide bonds. The largest absolute Gasteiger partial charge is 0.480 e. The first-order valence-electron chi connectivity index (χ1n) is 10.3. The molecule has 0 radical (unpaired) electrons. The summed E-state index contributed by atoms with van der Waals surface area (Å²) in [4.78, 5) is 12.8. The number of halogens is 1. The number of nitrogens with one attached hydrogen (secondary N) is 1. The Morgan fingerprint density at radius 3 is 2.42 bits per heavy atom. The number of hydrogen-bond acceptors (Lipinski definition) is 5. The van der Waals surface area contributed by atoms with E-state index in [0.29, 0.717) is 17.4 Å². The number of amides is 1. The first kappa shape index (κ1) is 22.8. The summed E-state index contributed by atoms with van der Waals surface area (Å²) in [6, 6.07) is 15.7. The number of aromatic nitrogens is 3. The molecular weight excluding hydrogens is 415 g/mol. The highest BCUT2D eigenvalue weighted by molar-refractivity contribution is 8.00. The maximum Gasteiger partial charge on any atom is 0.237 e. The van der Waals surface area contributed by atoms with Crippen LogP contribution in [0.3, 0.4) is 0 Å². The van der Waals surface area contributed by atoms with E-state index in [2.05, 4.69) is 15.5 Å². The Labute approximate surface area is 186 Å². The molecule has 3 aromatic rings. The number of rotatable bonds is 9. The molecule has 0 aliphatic heterocycles. The van der Waals surface area contributed by atoms with Gasteiger partial charge >= 0.3 is 0 Å². The van der Waals surface area contributed by atoms with Crippen LogP contribution in [-0.2, 0) is 4.79 Å². The summed E-state index contributed by atoms with van der Waals surface area (Å²) in [5, 5.41) is 11.9. The zero-order chi connectivity index (χ0) is 22.4. The lowest BCUT2D eigenvalue weighted by Crippen LogP contribution is -2.25. The van der Waals surface area contributed by atoms with Gasteiger partial charge in [0, 0.05) is 11.7 Å². The van der Waals surface area contributed by atoms with Gasteiger partial charge in [-0.2, -0.15) is 0 Å². The van der Waals surface area contributed by atoms with Crippen molar-refractivity contribution in [3.63, 3.8) is 0 Å². The van der Waals surface area contributed by atoms with Crippen LogP contribution in [0.5, 0.6) is 5.75 Å². The fourth-order valence-corrected chi connectivity index (χ4v) is 4.20. The van der Waals surface area contributed by atoms with E-state index in [1.54, 1.807) is 18.2 Å². The quantitative estimate of drug-likeness (QED) is 0.434. The van der Waals surface area contributed by atoms with Gasteiger partial charge in [-0.25, -0.2) is 4.39 Å². The molecule has 6 nitrogen and oxygen atoms in total. The Hall–Kier alpha value is -2.87. The standard InChI is InChI=1S/C23H27FN4O2S/c1-5-20(22(29)25-17-11-7-6-8-12-17)31-23-27-26-21(28(23)15(2)3)16(4)30-19-14-10-9-13-18(19)24/h6-16,20H,5H2,1-4H3,(H,25,29). The summed E-state index contributed by atoms with van der Waals surface area (Å²) in [7, 11) is 0. The van der Waals surface area contributed by atoms with Gasteiger partial charge in [-0.05, 0) is 51.5 Å². The van der Waals surface area contributed by atoms with Crippen LogP contribution in [0.2, 0.25) is 0 Å². The van der Waals surface area contributed by atoms with Gasteiger partial charge in [0.2, 0.25) is 5.91 Å². The summed E-state index contributed by atoms with van der Waals surface area (Å²) in [6.45, 7) is 7.79. The second kappa shape index (κ2) is 10.4. The number of benzene rings is 2.